The van der Waals surface area contributed by atoms with Crippen molar-refractivity contribution >= 4 is 17.3 Å². The Kier molecular flexibility index (Phi) is 6.69. The average Bonchev–Trinajstić information content (AvgIpc) is 2.66. The standard InChI is InChI=1S/C22H33ClN2O2/c1-22(2,3)27-24-18-6-8-19(9-7-18)25-13-11-16(12-14-25)20-15-17(23)5-10-21(20)26-4/h5,10,15-16,19H,6-9,11-14H2,1-4H3. The molecule has 5 heteroatoms. The maximum Gasteiger partial charge on any atom is 0.129 e. The number of hydrogen-bond donors (Lipinski definition) is 0. The lowest BCUT2D eigenvalue weighted by atomic mass is 9.86. The fraction of sp³-hybridized carbons (Fsp3) is 0.682. The van der Waals surface area contributed by atoms with Gasteiger partial charge in [-0.1, -0.05) is 16.8 Å². The van der Waals surface area contributed by atoms with E-state index in [4.69, 9.17) is 21.2 Å². The number of ether oxygens (including phenoxy) is 1. The fourth-order valence-electron chi connectivity index (χ4n) is 4.19. The molecule has 0 amide bonds. The van der Waals surface area contributed by atoms with Gasteiger partial charge in [0.15, 0.2) is 0 Å². The van der Waals surface area contributed by atoms with Gasteiger partial charge in [0.25, 0.3) is 0 Å². The summed E-state index contributed by atoms with van der Waals surface area (Å²) in [5.41, 5.74) is 2.29. The summed E-state index contributed by atoms with van der Waals surface area (Å²) >= 11 is 6.22. The zero-order valence-electron chi connectivity index (χ0n) is 17.1. The van der Waals surface area contributed by atoms with E-state index in [9.17, 15) is 0 Å². The van der Waals surface area contributed by atoms with Crippen LogP contribution in [-0.2, 0) is 4.84 Å². The van der Waals surface area contributed by atoms with E-state index in [0.717, 1.165) is 36.7 Å². The fourth-order valence-corrected chi connectivity index (χ4v) is 4.37. The molecule has 2 aliphatic rings. The van der Waals surface area contributed by atoms with Crippen LogP contribution in [0.2, 0.25) is 5.02 Å². The lowest BCUT2D eigenvalue weighted by Gasteiger charge is -2.39. The van der Waals surface area contributed by atoms with Gasteiger partial charge in [0.05, 0.1) is 12.8 Å². The molecule has 1 saturated carbocycles. The monoisotopic (exact) mass is 392 g/mol. The molecule has 0 atom stereocenters. The molecule has 0 bridgehead atoms. The van der Waals surface area contributed by atoms with E-state index in [1.54, 1.807) is 7.11 Å². The van der Waals surface area contributed by atoms with Crippen molar-refractivity contribution in [2.24, 2.45) is 5.16 Å². The second-order valence-corrected chi connectivity index (χ2v) is 9.23. The molecule has 1 heterocycles. The topological polar surface area (TPSA) is 34.1 Å². The van der Waals surface area contributed by atoms with Gasteiger partial charge in [-0.3, -0.25) is 0 Å². The number of benzene rings is 1. The van der Waals surface area contributed by atoms with E-state index in [-0.39, 0.29) is 5.60 Å². The molecule has 150 valence electrons. The quantitative estimate of drug-likeness (QED) is 0.621. The van der Waals surface area contributed by atoms with Crippen LogP contribution >= 0.6 is 11.6 Å². The average molecular weight is 393 g/mol. The first-order chi connectivity index (χ1) is 12.9. The molecule has 1 aliphatic carbocycles. The molecule has 0 spiro atoms. The van der Waals surface area contributed by atoms with Crippen LogP contribution in [0.25, 0.3) is 0 Å². The first-order valence-electron chi connectivity index (χ1n) is 10.2. The van der Waals surface area contributed by atoms with E-state index >= 15 is 0 Å². The summed E-state index contributed by atoms with van der Waals surface area (Å²) in [6, 6.07) is 6.66. The first-order valence-corrected chi connectivity index (χ1v) is 10.5. The molecular formula is C22H33ClN2O2. The third-order valence-corrected chi connectivity index (χ3v) is 5.89. The van der Waals surface area contributed by atoms with Gasteiger partial charge in [-0.15, -0.1) is 0 Å². The van der Waals surface area contributed by atoms with E-state index in [2.05, 4.69) is 16.1 Å². The number of hydrogen-bond acceptors (Lipinski definition) is 4. The third-order valence-electron chi connectivity index (χ3n) is 5.66. The summed E-state index contributed by atoms with van der Waals surface area (Å²) in [6.07, 6.45) is 6.84. The molecule has 1 aromatic carbocycles. The van der Waals surface area contributed by atoms with Crippen LogP contribution in [0.15, 0.2) is 23.4 Å². The van der Waals surface area contributed by atoms with Crippen LogP contribution in [0, 0.1) is 0 Å². The Labute approximate surface area is 168 Å². The van der Waals surface area contributed by atoms with Gasteiger partial charge in [0.2, 0.25) is 0 Å². The van der Waals surface area contributed by atoms with Gasteiger partial charge in [-0.05, 0) is 102 Å². The number of rotatable bonds is 4. The van der Waals surface area contributed by atoms with E-state index in [1.807, 2.05) is 32.9 Å². The first kappa shape index (κ1) is 20.5. The van der Waals surface area contributed by atoms with Crippen molar-refractivity contribution in [3.63, 3.8) is 0 Å². The van der Waals surface area contributed by atoms with E-state index in [1.165, 1.54) is 37.0 Å². The summed E-state index contributed by atoms with van der Waals surface area (Å²) in [5, 5.41) is 5.18. The van der Waals surface area contributed by atoms with E-state index in [0.29, 0.717) is 12.0 Å². The minimum absolute atomic E-state index is 0.201. The van der Waals surface area contributed by atoms with Crippen molar-refractivity contribution in [3.8, 4) is 5.75 Å². The van der Waals surface area contributed by atoms with Crippen LogP contribution in [0.5, 0.6) is 5.75 Å². The van der Waals surface area contributed by atoms with Crippen molar-refractivity contribution < 1.29 is 9.57 Å². The molecule has 0 aromatic heterocycles. The van der Waals surface area contributed by atoms with Crippen LogP contribution < -0.4 is 4.74 Å². The number of nitrogens with zero attached hydrogens (tertiary/aromatic N) is 2. The van der Waals surface area contributed by atoms with Crippen molar-refractivity contribution in [3.05, 3.63) is 28.8 Å². The van der Waals surface area contributed by atoms with E-state index < -0.39 is 0 Å². The zero-order chi connectivity index (χ0) is 19.4. The Balaban J connectivity index is 1.51. The Morgan fingerprint density at radius 1 is 1.07 bits per heavy atom. The molecule has 0 unspecified atom stereocenters. The van der Waals surface area contributed by atoms with Crippen molar-refractivity contribution in [1.82, 2.24) is 4.90 Å². The predicted octanol–water partition coefficient (Wildman–Crippen LogP) is 5.64. The Bertz CT molecular complexity index is 651. The maximum atomic E-state index is 6.22. The maximum absolute atomic E-state index is 6.22. The highest BCUT2D eigenvalue weighted by Crippen LogP contribution is 2.37. The molecule has 0 N–H and O–H groups in total. The largest absolute Gasteiger partial charge is 0.496 e. The van der Waals surface area contributed by atoms with Gasteiger partial charge in [-0.25, -0.2) is 0 Å². The Morgan fingerprint density at radius 2 is 1.74 bits per heavy atom. The van der Waals surface area contributed by atoms with Crippen molar-refractivity contribution in [2.75, 3.05) is 20.2 Å². The number of oxime groups is 1. The minimum Gasteiger partial charge on any atom is -0.496 e. The Hall–Kier alpha value is -1.26. The highest BCUT2D eigenvalue weighted by Gasteiger charge is 2.29. The molecule has 2 fully saturated rings. The van der Waals surface area contributed by atoms with Crippen LogP contribution in [0.4, 0.5) is 0 Å². The third kappa shape index (κ3) is 5.61. The van der Waals surface area contributed by atoms with Gasteiger partial charge in [0.1, 0.15) is 11.4 Å². The summed E-state index contributed by atoms with van der Waals surface area (Å²) < 4.78 is 5.56. The molecule has 1 saturated heterocycles. The molecule has 1 aromatic rings. The second kappa shape index (κ2) is 8.83. The lowest BCUT2D eigenvalue weighted by Crippen LogP contribution is -2.43. The van der Waals surface area contributed by atoms with Crippen molar-refractivity contribution in [1.29, 1.82) is 0 Å². The second-order valence-electron chi connectivity index (χ2n) is 8.79. The van der Waals surface area contributed by atoms with Gasteiger partial charge in [-0.2, -0.15) is 0 Å². The number of piperidine rings is 1. The molecule has 4 nitrogen and oxygen atoms in total. The number of likely N-dealkylation sites (tertiary alicyclic amines) is 1. The minimum atomic E-state index is -0.201. The summed E-state index contributed by atoms with van der Waals surface area (Å²) in [4.78, 5) is 8.27. The summed E-state index contributed by atoms with van der Waals surface area (Å²) in [6.45, 7) is 8.43. The normalized spacial score (nSPS) is 22.6. The lowest BCUT2D eigenvalue weighted by molar-refractivity contribution is -0.000409. The molecular weight excluding hydrogens is 360 g/mol. The summed E-state index contributed by atoms with van der Waals surface area (Å²) in [7, 11) is 1.74. The smallest absolute Gasteiger partial charge is 0.129 e. The number of halogens is 1. The van der Waals surface area contributed by atoms with Crippen LogP contribution in [-0.4, -0.2) is 42.5 Å². The highest BCUT2D eigenvalue weighted by molar-refractivity contribution is 6.30. The van der Waals surface area contributed by atoms with Gasteiger partial charge in [0, 0.05) is 11.1 Å². The predicted molar refractivity (Wildman–Crippen MR) is 112 cm³/mol. The highest BCUT2D eigenvalue weighted by atomic mass is 35.5. The zero-order valence-corrected chi connectivity index (χ0v) is 17.9. The van der Waals surface area contributed by atoms with Gasteiger partial charge >= 0.3 is 0 Å². The molecule has 0 radical (unpaired) electrons. The van der Waals surface area contributed by atoms with Crippen molar-refractivity contribution in [2.45, 2.75) is 76.9 Å². The number of methoxy groups -OCH3 is 1. The van der Waals surface area contributed by atoms with Crippen LogP contribution in [0.1, 0.15) is 70.8 Å². The SMILES string of the molecule is COc1ccc(Cl)cc1C1CCN(C2CCC(=NOC(C)(C)C)CC2)CC1. The van der Waals surface area contributed by atoms with Crippen LogP contribution in [0.3, 0.4) is 0 Å². The molecule has 27 heavy (non-hydrogen) atoms. The Morgan fingerprint density at radius 3 is 2.33 bits per heavy atom. The molecule has 1 aliphatic heterocycles. The summed E-state index contributed by atoms with van der Waals surface area (Å²) in [5.74, 6) is 1.51. The van der Waals surface area contributed by atoms with Gasteiger partial charge < -0.3 is 14.5 Å². The molecule has 3 rings (SSSR count).